The first-order chi connectivity index (χ1) is 10.2. The van der Waals surface area contributed by atoms with E-state index < -0.39 is 5.97 Å². The predicted molar refractivity (Wildman–Crippen MR) is 85.1 cm³/mol. The Labute approximate surface area is 128 Å². The molecule has 0 spiro atoms. The molecule has 0 fully saturated rings. The number of carbonyl (C=O) groups is 1. The zero-order chi connectivity index (χ0) is 15.2. The van der Waals surface area contributed by atoms with Crippen molar-refractivity contribution in [2.24, 2.45) is 0 Å². The van der Waals surface area contributed by atoms with Gasteiger partial charge in [-0.25, -0.2) is 9.78 Å². The molecule has 0 aliphatic rings. The molecule has 0 bridgehead atoms. The van der Waals surface area contributed by atoms with Crippen molar-refractivity contribution in [3.8, 4) is 0 Å². The summed E-state index contributed by atoms with van der Waals surface area (Å²) in [5.74, 6) is 1.79. The quantitative estimate of drug-likeness (QED) is 0.733. The van der Waals surface area contributed by atoms with Crippen molar-refractivity contribution >= 4 is 28.8 Å². The third-order valence-corrected chi connectivity index (χ3v) is 4.35. The molecule has 5 nitrogen and oxygen atoms in total. The van der Waals surface area contributed by atoms with E-state index in [1.165, 1.54) is 0 Å². The summed E-state index contributed by atoms with van der Waals surface area (Å²) < 4.78 is 2.02. The van der Waals surface area contributed by atoms with Crippen LogP contribution in [0.15, 0.2) is 18.2 Å². The standard InChI is InChI=1S/C15H20N2O3S/c1-2-13-16-12-6-3-5-11(15(19)20)14(12)17(13)7-10-21-9-4-8-18/h3,5-6,18H,2,4,7-10H2,1H3,(H,19,20). The minimum atomic E-state index is -0.919. The molecule has 114 valence electrons. The number of carboxylic acid groups (broad SMARTS) is 1. The molecule has 21 heavy (non-hydrogen) atoms. The first kappa shape index (κ1) is 15.9. The van der Waals surface area contributed by atoms with Crippen LogP contribution in [-0.4, -0.2) is 43.8 Å². The summed E-state index contributed by atoms with van der Waals surface area (Å²) in [5.41, 5.74) is 1.76. The second kappa shape index (κ2) is 7.47. The van der Waals surface area contributed by atoms with E-state index in [2.05, 4.69) is 4.98 Å². The first-order valence-electron chi connectivity index (χ1n) is 7.09. The Morgan fingerprint density at radius 2 is 2.19 bits per heavy atom. The highest BCUT2D eigenvalue weighted by Crippen LogP contribution is 2.22. The molecule has 0 aliphatic carbocycles. The normalized spacial score (nSPS) is 11.1. The highest BCUT2D eigenvalue weighted by molar-refractivity contribution is 7.99. The van der Waals surface area contributed by atoms with Gasteiger partial charge in [-0.1, -0.05) is 13.0 Å². The van der Waals surface area contributed by atoms with Gasteiger partial charge in [0.05, 0.1) is 16.6 Å². The molecule has 1 aromatic heterocycles. The fraction of sp³-hybridized carbons (Fsp3) is 0.467. The number of aromatic carboxylic acids is 1. The number of imidazole rings is 1. The summed E-state index contributed by atoms with van der Waals surface area (Å²) in [7, 11) is 0. The Kier molecular flexibility index (Phi) is 5.64. The van der Waals surface area contributed by atoms with Crippen molar-refractivity contribution in [3.63, 3.8) is 0 Å². The molecular formula is C15H20N2O3S. The van der Waals surface area contributed by atoms with E-state index in [1.54, 1.807) is 23.9 Å². The van der Waals surface area contributed by atoms with Crippen LogP contribution in [0.25, 0.3) is 11.0 Å². The summed E-state index contributed by atoms with van der Waals surface area (Å²) in [4.78, 5) is 15.9. The SMILES string of the molecule is CCc1nc2cccc(C(=O)O)c2n1CCSCCCO. The van der Waals surface area contributed by atoms with Crippen LogP contribution in [0.1, 0.15) is 29.5 Å². The van der Waals surface area contributed by atoms with E-state index in [4.69, 9.17) is 5.11 Å². The van der Waals surface area contributed by atoms with Crippen LogP contribution < -0.4 is 0 Å². The zero-order valence-corrected chi connectivity index (χ0v) is 12.9. The molecule has 0 unspecified atom stereocenters. The molecule has 0 amide bonds. The van der Waals surface area contributed by atoms with E-state index >= 15 is 0 Å². The number of hydrogen-bond donors (Lipinski definition) is 2. The van der Waals surface area contributed by atoms with Gasteiger partial charge in [0.25, 0.3) is 0 Å². The molecule has 0 atom stereocenters. The number of para-hydroxylation sites is 1. The molecule has 0 saturated heterocycles. The molecule has 6 heteroatoms. The van der Waals surface area contributed by atoms with Crippen LogP contribution in [-0.2, 0) is 13.0 Å². The second-order valence-corrected chi connectivity index (χ2v) is 5.93. The third kappa shape index (κ3) is 3.57. The monoisotopic (exact) mass is 308 g/mol. The van der Waals surface area contributed by atoms with Gasteiger partial charge in [0.1, 0.15) is 5.82 Å². The van der Waals surface area contributed by atoms with E-state index in [1.807, 2.05) is 17.6 Å². The van der Waals surface area contributed by atoms with Gasteiger partial charge in [-0.2, -0.15) is 11.8 Å². The van der Waals surface area contributed by atoms with E-state index in [-0.39, 0.29) is 6.61 Å². The first-order valence-corrected chi connectivity index (χ1v) is 8.24. The number of hydrogen-bond acceptors (Lipinski definition) is 4. The Balaban J connectivity index is 2.29. The number of aliphatic hydroxyl groups excluding tert-OH is 1. The summed E-state index contributed by atoms with van der Waals surface area (Å²) >= 11 is 1.76. The molecule has 0 aliphatic heterocycles. The fourth-order valence-corrected chi connectivity index (χ4v) is 3.19. The number of aliphatic hydroxyl groups is 1. The second-order valence-electron chi connectivity index (χ2n) is 4.70. The van der Waals surface area contributed by atoms with Gasteiger partial charge in [0, 0.05) is 25.3 Å². The summed E-state index contributed by atoms with van der Waals surface area (Å²) in [6.45, 7) is 2.97. The minimum absolute atomic E-state index is 0.213. The van der Waals surface area contributed by atoms with Gasteiger partial charge >= 0.3 is 5.97 Å². The fourth-order valence-electron chi connectivity index (χ4n) is 2.34. The summed E-state index contributed by atoms with van der Waals surface area (Å²) in [6.07, 6.45) is 1.56. The third-order valence-electron chi connectivity index (χ3n) is 3.30. The predicted octanol–water partition coefficient (Wildman–Crippen LogP) is 2.41. The number of benzene rings is 1. The molecule has 2 aromatic rings. The number of aryl methyl sites for hydroxylation is 2. The molecule has 0 saturated carbocycles. The molecule has 0 radical (unpaired) electrons. The van der Waals surface area contributed by atoms with Crippen LogP contribution >= 0.6 is 11.8 Å². The highest BCUT2D eigenvalue weighted by Gasteiger charge is 2.16. The lowest BCUT2D eigenvalue weighted by atomic mass is 10.2. The van der Waals surface area contributed by atoms with Crippen molar-refractivity contribution in [2.45, 2.75) is 26.3 Å². The molecule has 1 aromatic carbocycles. The molecule has 1 heterocycles. The van der Waals surface area contributed by atoms with Gasteiger partial charge in [-0.05, 0) is 24.3 Å². The lowest BCUT2D eigenvalue weighted by Crippen LogP contribution is -2.08. The maximum Gasteiger partial charge on any atom is 0.337 e. The summed E-state index contributed by atoms with van der Waals surface area (Å²) in [6, 6.07) is 5.22. The van der Waals surface area contributed by atoms with Crippen LogP contribution in [0.2, 0.25) is 0 Å². The smallest absolute Gasteiger partial charge is 0.337 e. The lowest BCUT2D eigenvalue weighted by molar-refractivity contribution is 0.0698. The van der Waals surface area contributed by atoms with E-state index in [9.17, 15) is 9.90 Å². The van der Waals surface area contributed by atoms with Crippen molar-refractivity contribution in [3.05, 3.63) is 29.6 Å². The van der Waals surface area contributed by atoms with E-state index in [0.29, 0.717) is 11.1 Å². The zero-order valence-electron chi connectivity index (χ0n) is 12.1. The highest BCUT2D eigenvalue weighted by atomic mass is 32.2. The average molecular weight is 308 g/mol. The van der Waals surface area contributed by atoms with Crippen LogP contribution in [0.3, 0.4) is 0 Å². The van der Waals surface area contributed by atoms with Gasteiger partial charge in [0.15, 0.2) is 0 Å². The number of nitrogens with zero attached hydrogens (tertiary/aromatic N) is 2. The topological polar surface area (TPSA) is 75.3 Å². The van der Waals surface area contributed by atoms with Gasteiger partial charge in [-0.3, -0.25) is 0 Å². The van der Waals surface area contributed by atoms with Crippen molar-refractivity contribution < 1.29 is 15.0 Å². The van der Waals surface area contributed by atoms with Crippen LogP contribution in [0, 0.1) is 0 Å². The van der Waals surface area contributed by atoms with E-state index in [0.717, 1.165) is 42.2 Å². The number of rotatable bonds is 8. The Bertz CT molecular complexity index is 625. The van der Waals surface area contributed by atoms with Crippen LogP contribution in [0.5, 0.6) is 0 Å². The molecule has 2 N–H and O–H groups in total. The molecular weight excluding hydrogens is 288 g/mol. The van der Waals surface area contributed by atoms with Gasteiger partial charge in [-0.15, -0.1) is 0 Å². The van der Waals surface area contributed by atoms with Crippen molar-refractivity contribution in [1.29, 1.82) is 0 Å². The van der Waals surface area contributed by atoms with Gasteiger partial charge < -0.3 is 14.8 Å². The Hall–Kier alpha value is -1.53. The minimum Gasteiger partial charge on any atom is -0.478 e. The summed E-state index contributed by atoms with van der Waals surface area (Å²) in [5, 5.41) is 18.1. The van der Waals surface area contributed by atoms with Crippen LogP contribution in [0.4, 0.5) is 0 Å². The Morgan fingerprint density at radius 3 is 2.86 bits per heavy atom. The number of fused-ring (bicyclic) bond motifs is 1. The number of thioether (sulfide) groups is 1. The largest absolute Gasteiger partial charge is 0.478 e. The number of aromatic nitrogens is 2. The van der Waals surface area contributed by atoms with Gasteiger partial charge in [0.2, 0.25) is 0 Å². The molecule has 2 rings (SSSR count). The average Bonchev–Trinajstić information content (AvgIpc) is 2.84. The maximum atomic E-state index is 11.4. The lowest BCUT2D eigenvalue weighted by Gasteiger charge is -2.09. The van der Waals surface area contributed by atoms with Crippen molar-refractivity contribution in [1.82, 2.24) is 9.55 Å². The van der Waals surface area contributed by atoms with Crippen molar-refractivity contribution in [2.75, 3.05) is 18.1 Å². The maximum absolute atomic E-state index is 11.4. The number of carboxylic acids is 1. The Morgan fingerprint density at radius 1 is 1.38 bits per heavy atom.